The highest BCUT2D eigenvalue weighted by molar-refractivity contribution is 9.10. The topological polar surface area (TPSA) is 92.5 Å². The molecule has 2 N–H and O–H groups in total. The van der Waals surface area contributed by atoms with E-state index < -0.39 is 10.8 Å². The van der Waals surface area contributed by atoms with Crippen LogP contribution in [0.25, 0.3) is 0 Å². The number of benzene rings is 1. The third kappa shape index (κ3) is 4.57. The van der Waals surface area contributed by atoms with Crippen molar-refractivity contribution in [1.82, 2.24) is 5.32 Å². The monoisotopic (exact) mass is 344 g/mol. The number of rotatable bonds is 6. The molecule has 1 aromatic carbocycles. The highest BCUT2D eigenvalue weighted by Crippen LogP contribution is 2.24. The summed E-state index contributed by atoms with van der Waals surface area (Å²) in [5.41, 5.74) is -0.482. The number of carbonyl (C=O) groups excluding carboxylic acids is 1. The van der Waals surface area contributed by atoms with E-state index >= 15 is 0 Å². The molecule has 1 amide bonds. The summed E-state index contributed by atoms with van der Waals surface area (Å²) >= 11 is 3.14. The van der Waals surface area contributed by atoms with Gasteiger partial charge < -0.3 is 10.4 Å². The number of halogens is 1. The maximum atomic E-state index is 12.0. The van der Waals surface area contributed by atoms with Crippen LogP contribution in [0.1, 0.15) is 30.6 Å². The lowest BCUT2D eigenvalue weighted by Gasteiger charge is -2.23. The van der Waals surface area contributed by atoms with E-state index in [1.54, 1.807) is 6.07 Å². The van der Waals surface area contributed by atoms with Crippen molar-refractivity contribution in [3.63, 3.8) is 0 Å². The normalized spacial score (nSPS) is 11.2. The minimum atomic E-state index is -0.585. The van der Waals surface area contributed by atoms with Gasteiger partial charge in [-0.25, -0.2) is 0 Å². The Morgan fingerprint density at radius 1 is 1.50 bits per heavy atom. The van der Waals surface area contributed by atoms with Crippen LogP contribution in [0.5, 0.6) is 0 Å². The lowest BCUT2D eigenvalue weighted by molar-refractivity contribution is -0.385. The molecule has 6 nitrogen and oxygen atoms in total. The number of aliphatic hydroxyl groups excluding tert-OH is 1. The number of carbonyl (C=O) groups is 1. The van der Waals surface area contributed by atoms with E-state index in [1.165, 1.54) is 12.1 Å². The Morgan fingerprint density at radius 3 is 2.70 bits per heavy atom. The molecule has 0 atom stereocenters. The molecule has 0 spiro atoms. The van der Waals surface area contributed by atoms with Gasteiger partial charge in [0.15, 0.2) is 0 Å². The Labute approximate surface area is 125 Å². The molecule has 0 saturated heterocycles. The van der Waals surface area contributed by atoms with E-state index in [0.29, 0.717) is 17.4 Å². The second-order valence-corrected chi connectivity index (χ2v) is 6.15. The molecule has 0 fully saturated rings. The average Bonchev–Trinajstić information content (AvgIpc) is 2.35. The van der Waals surface area contributed by atoms with E-state index in [9.17, 15) is 14.9 Å². The maximum absolute atomic E-state index is 12.0. The van der Waals surface area contributed by atoms with E-state index in [2.05, 4.69) is 21.2 Å². The zero-order chi connectivity index (χ0) is 15.3. The first-order chi connectivity index (χ1) is 9.26. The minimum Gasteiger partial charge on any atom is -0.396 e. The molecule has 20 heavy (non-hydrogen) atoms. The van der Waals surface area contributed by atoms with Crippen LogP contribution in [-0.2, 0) is 0 Å². The molecule has 0 bridgehead atoms. The van der Waals surface area contributed by atoms with Crippen molar-refractivity contribution in [2.75, 3.05) is 13.2 Å². The fourth-order valence-corrected chi connectivity index (χ4v) is 2.00. The molecular formula is C13H17BrN2O4. The Kier molecular flexibility index (Phi) is 5.64. The summed E-state index contributed by atoms with van der Waals surface area (Å²) in [5, 5.41) is 22.5. The largest absolute Gasteiger partial charge is 0.396 e. The van der Waals surface area contributed by atoms with Crippen LogP contribution < -0.4 is 5.32 Å². The van der Waals surface area contributed by atoms with Crippen molar-refractivity contribution in [2.24, 2.45) is 5.41 Å². The first kappa shape index (κ1) is 16.6. The van der Waals surface area contributed by atoms with Crippen LogP contribution in [-0.4, -0.2) is 29.1 Å². The second-order valence-electron chi connectivity index (χ2n) is 5.24. The van der Waals surface area contributed by atoms with Gasteiger partial charge in [0.2, 0.25) is 0 Å². The van der Waals surface area contributed by atoms with Gasteiger partial charge in [-0.3, -0.25) is 14.9 Å². The Balaban J connectivity index is 2.85. The number of hydrogen-bond acceptors (Lipinski definition) is 4. The van der Waals surface area contributed by atoms with Gasteiger partial charge in [0, 0.05) is 23.7 Å². The number of nitro groups is 1. The van der Waals surface area contributed by atoms with E-state index in [0.717, 1.165) is 0 Å². The molecule has 0 unspecified atom stereocenters. The predicted octanol–water partition coefficient (Wildman–Crippen LogP) is 2.50. The molecular weight excluding hydrogens is 328 g/mol. The zero-order valence-corrected chi connectivity index (χ0v) is 12.9. The predicted molar refractivity (Wildman–Crippen MR) is 78.6 cm³/mol. The summed E-state index contributed by atoms with van der Waals surface area (Å²) < 4.78 is 0.543. The smallest absolute Gasteiger partial charge is 0.283 e. The highest BCUT2D eigenvalue weighted by Gasteiger charge is 2.23. The third-order valence-corrected chi connectivity index (χ3v) is 3.41. The fraction of sp³-hybridized carbons (Fsp3) is 0.462. The standard InChI is InChI=1S/C13H17BrN2O4/c1-13(2,5-6-17)8-15-12(18)10-4-3-9(14)7-11(10)16(19)20/h3-4,7,17H,5-6,8H2,1-2H3,(H,15,18). The number of amides is 1. The number of nitro benzene ring substituents is 1. The number of nitrogens with zero attached hydrogens (tertiary/aromatic N) is 1. The molecule has 0 aliphatic carbocycles. The van der Waals surface area contributed by atoms with Gasteiger partial charge in [-0.05, 0) is 24.0 Å². The van der Waals surface area contributed by atoms with Gasteiger partial charge in [0.25, 0.3) is 11.6 Å². The highest BCUT2D eigenvalue weighted by atomic mass is 79.9. The Morgan fingerprint density at radius 2 is 2.15 bits per heavy atom. The van der Waals surface area contributed by atoms with Crippen LogP contribution in [0.3, 0.4) is 0 Å². The Hall–Kier alpha value is -1.47. The first-order valence-corrected chi connectivity index (χ1v) is 6.89. The van der Waals surface area contributed by atoms with Gasteiger partial charge in [0.05, 0.1) is 4.92 Å². The first-order valence-electron chi connectivity index (χ1n) is 6.10. The van der Waals surface area contributed by atoms with Gasteiger partial charge >= 0.3 is 0 Å². The molecule has 0 aliphatic rings. The lowest BCUT2D eigenvalue weighted by atomic mass is 9.89. The quantitative estimate of drug-likeness (QED) is 0.612. The van der Waals surface area contributed by atoms with Crippen molar-refractivity contribution < 1.29 is 14.8 Å². The molecule has 110 valence electrons. The van der Waals surface area contributed by atoms with Crippen LogP contribution in [0.15, 0.2) is 22.7 Å². The molecule has 7 heteroatoms. The minimum absolute atomic E-state index is 0.0259. The van der Waals surface area contributed by atoms with Crippen LogP contribution in [0.4, 0.5) is 5.69 Å². The van der Waals surface area contributed by atoms with Gasteiger partial charge in [-0.2, -0.15) is 0 Å². The van der Waals surface area contributed by atoms with E-state index in [4.69, 9.17) is 5.11 Å². The van der Waals surface area contributed by atoms with Crippen molar-refractivity contribution in [3.8, 4) is 0 Å². The Bertz CT molecular complexity index is 517. The van der Waals surface area contributed by atoms with E-state index in [-0.39, 0.29) is 23.3 Å². The molecule has 0 radical (unpaired) electrons. The summed E-state index contributed by atoms with van der Waals surface area (Å²) in [6, 6.07) is 4.30. The average molecular weight is 345 g/mol. The second kappa shape index (κ2) is 6.81. The van der Waals surface area contributed by atoms with Crippen LogP contribution in [0.2, 0.25) is 0 Å². The molecule has 0 aliphatic heterocycles. The van der Waals surface area contributed by atoms with Crippen molar-refractivity contribution in [1.29, 1.82) is 0 Å². The van der Waals surface area contributed by atoms with Crippen LogP contribution in [0, 0.1) is 15.5 Å². The molecule has 0 saturated carbocycles. The summed E-state index contributed by atoms with van der Waals surface area (Å²) in [7, 11) is 0. The fourth-order valence-electron chi connectivity index (χ4n) is 1.65. The summed E-state index contributed by atoms with van der Waals surface area (Å²) in [4.78, 5) is 22.4. The van der Waals surface area contributed by atoms with Crippen molar-refractivity contribution in [3.05, 3.63) is 38.3 Å². The molecule has 1 aromatic rings. The van der Waals surface area contributed by atoms with Gasteiger partial charge in [0.1, 0.15) is 5.56 Å². The lowest BCUT2D eigenvalue weighted by Crippen LogP contribution is -2.34. The third-order valence-electron chi connectivity index (χ3n) is 2.92. The number of hydrogen-bond donors (Lipinski definition) is 2. The number of nitrogens with one attached hydrogen (secondary N) is 1. The molecule has 1 rings (SSSR count). The van der Waals surface area contributed by atoms with E-state index in [1.807, 2.05) is 13.8 Å². The van der Waals surface area contributed by atoms with Crippen molar-refractivity contribution in [2.45, 2.75) is 20.3 Å². The van der Waals surface area contributed by atoms with Gasteiger partial charge in [-0.15, -0.1) is 0 Å². The maximum Gasteiger partial charge on any atom is 0.283 e. The van der Waals surface area contributed by atoms with Gasteiger partial charge in [-0.1, -0.05) is 29.8 Å². The SMILES string of the molecule is CC(C)(CCO)CNC(=O)c1ccc(Br)cc1[N+](=O)[O-]. The summed E-state index contributed by atoms with van der Waals surface area (Å²) in [5.74, 6) is -0.491. The van der Waals surface area contributed by atoms with Crippen LogP contribution >= 0.6 is 15.9 Å². The van der Waals surface area contributed by atoms with Crippen molar-refractivity contribution >= 4 is 27.5 Å². The summed E-state index contributed by atoms with van der Waals surface area (Å²) in [6.07, 6.45) is 0.537. The zero-order valence-electron chi connectivity index (χ0n) is 11.4. The number of aliphatic hydroxyl groups is 1. The summed E-state index contributed by atoms with van der Waals surface area (Å²) in [6.45, 7) is 4.17. The molecule has 0 aromatic heterocycles. The molecule has 0 heterocycles.